The van der Waals surface area contributed by atoms with Crippen LogP contribution in [-0.2, 0) is 0 Å². The van der Waals surface area contributed by atoms with E-state index in [9.17, 15) is 5.11 Å². The molecule has 3 heteroatoms. The van der Waals surface area contributed by atoms with E-state index >= 15 is 0 Å². The highest BCUT2D eigenvalue weighted by molar-refractivity contribution is 6.31. The molecule has 1 aromatic rings. The summed E-state index contributed by atoms with van der Waals surface area (Å²) in [7, 11) is 0. The van der Waals surface area contributed by atoms with Crippen molar-refractivity contribution in [1.29, 1.82) is 0 Å². The average molecular weight is 256 g/mol. The summed E-state index contributed by atoms with van der Waals surface area (Å²) in [5, 5.41) is 11.0. The molecule has 2 atom stereocenters. The first-order valence-corrected chi connectivity index (χ1v) is 6.47. The van der Waals surface area contributed by atoms with Gasteiger partial charge >= 0.3 is 0 Å². The van der Waals surface area contributed by atoms with Gasteiger partial charge in [0.05, 0.1) is 6.10 Å². The lowest BCUT2D eigenvalue weighted by molar-refractivity contribution is 0.0995. The number of nitrogens with two attached hydrogens (primary N) is 1. The van der Waals surface area contributed by atoms with Crippen LogP contribution in [-0.4, -0.2) is 11.7 Å². The Bertz CT molecular complexity index is 365. The predicted molar refractivity (Wildman–Crippen MR) is 73.1 cm³/mol. The maximum absolute atomic E-state index is 10.3. The molecule has 96 valence electrons. The first-order valence-electron chi connectivity index (χ1n) is 6.09. The van der Waals surface area contributed by atoms with Gasteiger partial charge in [0.25, 0.3) is 0 Å². The summed E-state index contributed by atoms with van der Waals surface area (Å²) >= 11 is 6.07. The van der Waals surface area contributed by atoms with Crippen molar-refractivity contribution in [2.75, 3.05) is 6.54 Å². The zero-order valence-corrected chi connectivity index (χ0v) is 11.5. The highest BCUT2D eigenvalue weighted by Crippen LogP contribution is 2.29. The molecule has 0 heterocycles. The van der Waals surface area contributed by atoms with Crippen LogP contribution in [0.25, 0.3) is 0 Å². The van der Waals surface area contributed by atoms with Crippen molar-refractivity contribution < 1.29 is 5.11 Å². The van der Waals surface area contributed by atoms with E-state index < -0.39 is 6.10 Å². The fourth-order valence-corrected chi connectivity index (χ4v) is 2.21. The fourth-order valence-electron chi connectivity index (χ4n) is 2.02. The first-order chi connectivity index (χ1) is 7.95. The summed E-state index contributed by atoms with van der Waals surface area (Å²) in [5.74, 6) is 0.618. The molecular weight excluding hydrogens is 234 g/mol. The van der Waals surface area contributed by atoms with Crippen molar-refractivity contribution in [2.24, 2.45) is 17.6 Å². The van der Waals surface area contributed by atoms with E-state index in [0.29, 0.717) is 17.5 Å². The number of halogens is 1. The van der Waals surface area contributed by atoms with E-state index in [0.717, 1.165) is 17.5 Å². The summed E-state index contributed by atoms with van der Waals surface area (Å²) in [5.41, 5.74) is 7.62. The molecule has 2 unspecified atom stereocenters. The fraction of sp³-hybridized carbons (Fsp3) is 0.571. The van der Waals surface area contributed by atoms with Crippen LogP contribution in [0.5, 0.6) is 0 Å². The van der Waals surface area contributed by atoms with Crippen LogP contribution in [0.2, 0.25) is 5.02 Å². The van der Waals surface area contributed by atoms with Gasteiger partial charge in [0.2, 0.25) is 0 Å². The SMILES string of the molecule is Cc1ccc(C(O)C(CN)CC(C)C)cc1Cl. The van der Waals surface area contributed by atoms with Crippen LogP contribution in [0.15, 0.2) is 18.2 Å². The van der Waals surface area contributed by atoms with Crippen molar-refractivity contribution in [3.8, 4) is 0 Å². The van der Waals surface area contributed by atoms with Gasteiger partial charge in [-0.15, -0.1) is 0 Å². The third-order valence-corrected chi connectivity index (χ3v) is 3.47. The van der Waals surface area contributed by atoms with Crippen LogP contribution in [0, 0.1) is 18.8 Å². The molecule has 0 amide bonds. The molecule has 0 aliphatic carbocycles. The number of aryl methyl sites for hydroxylation is 1. The molecule has 1 rings (SSSR count). The van der Waals surface area contributed by atoms with Gasteiger partial charge in [-0.1, -0.05) is 37.6 Å². The van der Waals surface area contributed by atoms with Crippen molar-refractivity contribution in [1.82, 2.24) is 0 Å². The molecular formula is C14H22ClNO. The zero-order chi connectivity index (χ0) is 13.0. The Balaban J connectivity index is 2.85. The minimum absolute atomic E-state index is 0.0915. The highest BCUT2D eigenvalue weighted by atomic mass is 35.5. The first kappa shape index (κ1) is 14.5. The molecule has 0 radical (unpaired) electrons. The van der Waals surface area contributed by atoms with Crippen LogP contribution in [0.4, 0.5) is 0 Å². The Hall–Kier alpha value is -0.570. The van der Waals surface area contributed by atoms with Gasteiger partial charge in [0, 0.05) is 10.9 Å². The van der Waals surface area contributed by atoms with Crippen molar-refractivity contribution in [3.05, 3.63) is 34.3 Å². The average Bonchev–Trinajstić information content (AvgIpc) is 2.28. The molecule has 0 aliphatic heterocycles. The van der Waals surface area contributed by atoms with Gasteiger partial charge < -0.3 is 10.8 Å². The lowest BCUT2D eigenvalue weighted by Gasteiger charge is -2.23. The summed E-state index contributed by atoms with van der Waals surface area (Å²) < 4.78 is 0. The van der Waals surface area contributed by atoms with E-state index in [1.165, 1.54) is 0 Å². The van der Waals surface area contributed by atoms with Crippen LogP contribution in [0.3, 0.4) is 0 Å². The van der Waals surface area contributed by atoms with Crippen LogP contribution < -0.4 is 5.73 Å². The summed E-state index contributed by atoms with van der Waals surface area (Å²) in [6.07, 6.45) is 0.392. The van der Waals surface area contributed by atoms with Crippen LogP contribution >= 0.6 is 11.6 Å². The lowest BCUT2D eigenvalue weighted by atomic mass is 9.88. The number of rotatable bonds is 5. The van der Waals surface area contributed by atoms with Gasteiger partial charge in [-0.05, 0) is 43.0 Å². The molecule has 0 fully saturated rings. The number of benzene rings is 1. The second kappa shape index (κ2) is 6.39. The highest BCUT2D eigenvalue weighted by Gasteiger charge is 2.21. The second-order valence-corrected chi connectivity index (χ2v) is 5.49. The number of aliphatic hydroxyl groups excluding tert-OH is 1. The maximum Gasteiger partial charge on any atom is 0.0830 e. The Labute approximate surface area is 109 Å². The quantitative estimate of drug-likeness (QED) is 0.848. The number of hydrogen-bond donors (Lipinski definition) is 2. The van der Waals surface area contributed by atoms with Crippen molar-refractivity contribution >= 4 is 11.6 Å². The van der Waals surface area contributed by atoms with Crippen molar-refractivity contribution in [3.63, 3.8) is 0 Å². The van der Waals surface area contributed by atoms with E-state index in [1.807, 2.05) is 25.1 Å². The number of aliphatic hydroxyl groups is 1. The normalized spacial score (nSPS) is 15.0. The van der Waals surface area contributed by atoms with E-state index in [2.05, 4.69) is 13.8 Å². The third kappa shape index (κ3) is 3.98. The molecule has 0 aromatic heterocycles. The third-order valence-electron chi connectivity index (χ3n) is 3.06. The molecule has 3 N–H and O–H groups in total. The molecule has 0 bridgehead atoms. The largest absolute Gasteiger partial charge is 0.388 e. The van der Waals surface area contributed by atoms with Gasteiger partial charge in [0.15, 0.2) is 0 Å². The summed E-state index contributed by atoms with van der Waals surface area (Å²) in [6, 6.07) is 5.70. The van der Waals surface area contributed by atoms with E-state index in [1.54, 1.807) is 0 Å². The summed E-state index contributed by atoms with van der Waals surface area (Å²) in [6.45, 7) is 6.72. The molecule has 0 spiro atoms. The summed E-state index contributed by atoms with van der Waals surface area (Å²) in [4.78, 5) is 0. The Kier molecular flexibility index (Phi) is 5.44. The molecule has 1 aromatic carbocycles. The van der Waals surface area contributed by atoms with Crippen molar-refractivity contribution in [2.45, 2.75) is 33.3 Å². The Morgan fingerprint density at radius 1 is 1.35 bits per heavy atom. The maximum atomic E-state index is 10.3. The predicted octanol–water partition coefficient (Wildman–Crippen LogP) is 3.30. The van der Waals surface area contributed by atoms with Gasteiger partial charge in [-0.3, -0.25) is 0 Å². The van der Waals surface area contributed by atoms with Crippen LogP contribution in [0.1, 0.15) is 37.5 Å². The molecule has 0 saturated carbocycles. The minimum Gasteiger partial charge on any atom is -0.388 e. The van der Waals surface area contributed by atoms with Gasteiger partial charge in [-0.2, -0.15) is 0 Å². The van der Waals surface area contributed by atoms with E-state index in [4.69, 9.17) is 17.3 Å². The Morgan fingerprint density at radius 2 is 2.00 bits per heavy atom. The molecule has 2 nitrogen and oxygen atoms in total. The molecule has 17 heavy (non-hydrogen) atoms. The Morgan fingerprint density at radius 3 is 2.47 bits per heavy atom. The minimum atomic E-state index is -0.527. The number of hydrogen-bond acceptors (Lipinski definition) is 2. The zero-order valence-electron chi connectivity index (χ0n) is 10.8. The second-order valence-electron chi connectivity index (χ2n) is 5.08. The standard InChI is InChI=1S/C14H22ClNO/c1-9(2)6-12(8-16)14(17)11-5-4-10(3)13(15)7-11/h4-5,7,9,12,14,17H,6,8,16H2,1-3H3. The molecule has 0 saturated heterocycles. The van der Waals surface area contributed by atoms with E-state index in [-0.39, 0.29) is 5.92 Å². The monoisotopic (exact) mass is 255 g/mol. The lowest BCUT2D eigenvalue weighted by Crippen LogP contribution is -2.23. The van der Waals surface area contributed by atoms with Gasteiger partial charge in [0.1, 0.15) is 0 Å². The van der Waals surface area contributed by atoms with Gasteiger partial charge in [-0.25, -0.2) is 0 Å². The molecule has 0 aliphatic rings. The topological polar surface area (TPSA) is 46.2 Å². The smallest absolute Gasteiger partial charge is 0.0830 e.